The highest BCUT2D eigenvalue weighted by molar-refractivity contribution is 7.89. The van der Waals surface area contributed by atoms with Gasteiger partial charge in [0.05, 0.1) is 6.20 Å². The second-order valence-electron chi connectivity index (χ2n) is 5.70. The van der Waals surface area contributed by atoms with Gasteiger partial charge in [-0.15, -0.1) is 0 Å². The number of aryl methyl sites for hydroxylation is 1. The van der Waals surface area contributed by atoms with E-state index in [-0.39, 0.29) is 23.3 Å². The number of carbonyl (C=O) groups is 1. The van der Waals surface area contributed by atoms with Crippen molar-refractivity contribution in [2.24, 2.45) is 7.05 Å². The maximum absolute atomic E-state index is 12.8. The minimum atomic E-state index is -3.62. The van der Waals surface area contributed by atoms with Crippen LogP contribution in [0.5, 0.6) is 0 Å². The lowest BCUT2D eigenvalue weighted by atomic mass is 10.0. The van der Waals surface area contributed by atoms with Gasteiger partial charge in [0.2, 0.25) is 0 Å². The van der Waals surface area contributed by atoms with Crippen LogP contribution in [0.3, 0.4) is 0 Å². The Balaban J connectivity index is 1.81. The fourth-order valence-electron chi connectivity index (χ4n) is 3.02. The van der Waals surface area contributed by atoms with E-state index < -0.39 is 10.0 Å². The maximum Gasteiger partial charge on any atom is 0.260 e. The first kappa shape index (κ1) is 15.9. The summed E-state index contributed by atoms with van der Waals surface area (Å²) >= 11 is 0. The van der Waals surface area contributed by atoms with Crippen LogP contribution in [-0.4, -0.2) is 40.9 Å². The lowest BCUT2D eigenvalue weighted by Gasteiger charge is -2.23. The second kappa shape index (κ2) is 6.25. The van der Waals surface area contributed by atoms with Crippen molar-refractivity contribution < 1.29 is 13.2 Å². The Bertz CT molecular complexity index is 799. The molecule has 0 spiro atoms. The summed E-state index contributed by atoms with van der Waals surface area (Å²) in [5, 5.41) is 4.10. The fraction of sp³-hybridized carbons (Fsp3) is 0.375. The number of hydrogen-bond donors (Lipinski definition) is 0. The fourth-order valence-corrected chi connectivity index (χ4v) is 4.82. The molecule has 6 nitrogen and oxygen atoms in total. The zero-order valence-electron chi connectivity index (χ0n) is 12.9. The zero-order chi connectivity index (χ0) is 16.4. The number of carbonyl (C=O) groups excluding carboxylic acids is 1. The maximum atomic E-state index is 12.8. The molecule has 23 heavy (non-hydrogen) atoms. The van der Waals surface area contributed by atoms with Crippen LogP contribution in [0, 0.1) is 0 Å². The number of hydrogen-bond acceptors (Lipinski definition) is 4. The lowest BCUT2D eigenvalue weighted by Crippen LogP contribution is -2.37. The Morgan fingerprint density at radius 1 is 1.26 bits per heavy atom. The van der Waals surface area contributed by atoms with E-state index in [0.717, 1.165) is 6.42 Å². The van der Waals surface area contributed by atoms with Crippen LogP contribution in [0.15, 0.2) is 47.6 Å². The number of aromatic nitrogens is 2. The Morgan fingerprint density at radius 2 is 2.00 bits per heavy atom. The number of ketones is 1. The summed E-state index contributed by atoms with van der Waals surface area (Å²) in [7, 11) is -2.02. The average Bonchev–Trinajstić information content (AvgIpc) is 3.17. The molecule has 1 aliphatic rings. The first-order chi connectivity index (χ1) is 11.0. The molecule has 3 rings (SSSR count). The van der Waals surface area contributed by atoms with Crippen LogP contribution in [-0.2, 0) is 17.1 Å². The van der Waals surface area contributed by atoms with Crippen LogP contribution in [0.25, 0.3) is 0 Å². The van der Waals surface area contributed by atoms with E-state index in [4.69, 9.17) is 0 Å². The molecule has 2 aromatic rings. The normalized spacial score (nSPS) is 19.1. The van der Waals surface area contributed by atoms with Gasteiger partial charge in [0, 0.05) is 31.6 Å². The van der Waals surface area contributed by atoms with Gasteiger partial charge in [-0.1, -0.05) is 30.3 Å². The van der Waals surface area contributed by atoms with Crippen molar-refractivity contribution in [1.29, 1.82) is 0 Å². The van der Waals surface area contributed by atoms with Crippen LogP contribution in [0.4, 0.5) is 0 Å². The molecule has 122 valence electrons. The van der Waals surface area contributed by atoms with E-state index in [1.807, 2.05) is 18.2 Å². The third-order valence-corrected chi connectivity index (χ3v) is 6.22. The van der Waals surface area contributed by atoms with Gasteiger partial charge in [-0.3, -0.25) is 9.48 Å². The minimum absolute atomic E-state index is 0.0253. The van der Waals surface area contributed by atoms with Crippen molar-refractivity contribution in [2.45, 2.75) is 30.3 Å². The SMILES string of the molecule is Cn1nccc1S(=O)(=O)N1CCC[C@@H]1CC(=O)c1ccccc1. The Morgan fingerprint density at radius 3 is 2.65 bits per heavy atom. The van der Waals surface area contributed by atoms with Crippen LogP contribution in [0.1, 0.15) is 29.6 Å². The number of rotatable bonds is 5. The topological polar surface area (TPSA) is 72.3 Å². The number of nitrogens with zero attached hydrogens (tertiary/aromatic N) is 3. The van der Waals surface area contributed by atoms with Gasteiger partial charge >= 0.3 is 0 Å². The molecule has 1 fully saturated rings. The summed E-state index contributed by atoms with van der Waals surface area (Å²) in [6.45, 7) is 0.445. The molecule has 0 radical (unpaired) electrons. The van der Waals surface area contributed by atoms with Crippen LogP contribution < -0.4 is 0 Å². The van der Waals surface area contributed by atoms with Crippen molar-refractivity contribution in [3.8, 4) is 0 Å². The smallest absolute Gasteiger partial charge is 0.260 e. The largest absolute Gasteiger partial charge is 0.294 e. The molecule has 1 aromatic heterocycles. The average molecular weight is 333 g/mol. The van der Waals surface area contributed by atoms with Crippen LogP contribution in [0.2, 0.25) is 0 Å². The number of sulfonamides is 1. The summed E-state index contributed by atoms with van der Waals surface area (Å²) < 4.78 is 28.4. The minimum Gasteiger partial charge on any atom is -0.294 e. The summed E-state index contributed by atoms with van der Waals surface area (Å²) in [4.78, 5) is 12.4. The van der Waals surface area contributed by atoms with Crippen molar-refractivity contribution in [2.75, 3.05) is 6.54 Å². The monoisotopic (exact) mass is 333 g/mol. The first-order valence-electron chi connectivity index (χ1n) is 7.58. The van der Waals surface area contributed by atoms with E-state index in [1.54, 1.807) is 19.2 Å². The standard InChI is InChI=1S/C16H19N3O3S/c1-18-16(9-10-17-18)23(21,22)19-11-5-8-14(19)12-15(20)13-6-3-2-4-7-13/h2-4,6-7,9-10,14H,5,8,11-12H2,1H3/t14-/m1/s1. The van der Waals surface area contributed by atoms with Crippen molar-refractivity contribution in [3.63, 3.8) is 0 Å². The van der Waals surface area contributed by atoms with Gasteiger partial charge in [0.1, 0.15) is 0 Å². The summed E-state index contributed by atoms with van der Waals surface area (Å²) in [5.41, 5.74) is 0.622. The quantitative estimate of drug-likeness (QED) is 0.783. The Kier molecular flexibility index (Phi) is 4.32. The molecular weight excluding hydrogens is 314 g/mol. The lowest BCUT2D eigenvalue weighted by molar-refractivity contribution is 0.0961. The van der Waals surface area contributed by atoms with Gasteiger partial charge in [-0.25, -0.2) is 8.42 Å². The molecule has 1 atom stereocenters. The van der Waals surface area contributed by atoms with Crippen molar-refractivity contribution >= 4 is 15.8 Å². The molecule has 0 saturated carbocycles. The third-order valence-electron chi connectivity index (χ3n) is 4.19. The molecule has 1 saturated heterocycles. The van der Waals surface area contributed by atoms with E-state index >= 15 is 0 Å². The summed E-state index contributed by atoms with van der Waals surface area (Å²) in [6, 6.07) is 10.2. The van der Waals surface area contributed by atoms with Gasteiger partial charge in [-0.2, -0.15) is 9.40 Å². The predicted octanol–water partition coefficient (Wildman–Crippen LogP) is 1.85. The molecule has 0 amide bonds. The Labute approximate surface area is 135 Å². The van der Waals surface area contributed by atoms with E-state index in [9.17, 15) is 13.2 Å². The first-order valence-corrected chi connectivity index (χ1v) is 9.02. The summed E-state index contributed by atoms with van der Waals surface area (Å²) in [6.07, 6.45) is 3.15. The molecule has 7 heteroatoms. The van der Waals surface area contributed by atoms with E-state index in [1.165, 1.54) is 21.3 Å². The molecule has 1 aliphatic heterocycles. The predicted molar refractivity (Wildman–Crippen MR) is 85.5 cm³/mol. The third kappa shape index (κ3) is 3.07. The molecular formula is C16H19N3O3S. The second-order valence-corrected chi connectivity index (χ2v) is 7.54. The molecule has 2 heterocycles. The van der Waals surface area contributed by atoms with E-state index in [2.05, 4.69) is 5.10 Å². The van der Waals surface area contributed by atoms with Crippen LogP contribution >= 0.6 is 0 Å². The molecule has 0 unspecified atom stereocenters. The Hall–Kier alpha value is -1.99. The van der Waals surface area contributed by atoms with Gasteiger partial charge in [0.15, 0.2) is 10.8 Å². The van der Waals surface area contributed by atoms with Gasteiger partial charge in [0.25, 0.3) is 10.0 Å². The molecule has 0 N–H and O–H groups in total. The van der Waals surface area contributed by atoms with Crippen molar-refractivity contribution in [1.82, 2.24) is 14.1 Å². The van der Waals surface area contributed by atoms with Crippen molar-refractivity contribution in [3.05, 3.63) is 48.2 Å². The molecule has 0 aliphatic carbocycles. The number of benzene rings is 1. The highest BCUT2D eigenvalue weighted by Crippen LogP contribution is 2.28. The van der Waals surface area contributed by atoms with Gasteiger partial charge < -0.3 is 0 Å². The molecule has 1 aromatic carbocycles. The molecule has 0 bridgehead atoms. The highest BCUT2D eigenvalue weighted by atomic mass is 32.2. The van der Waals surface area contributed by atoms with Gasteiger partial charge in [-0.05, 0) is 18.9 Å². The highest BCUT2D eigenvalue weighted by Gasteiger charge is 2.37. The number of Topliss-reactive ketones (excluding diaryl/α,β-unsaturated/α-hetero) is 1. The summed E-state index contributed by atoms with van der Waals surface area (Å²) in [5.74, 6) is -0.0253. The zero-order valence-corrected chi connectivity index (χ0v) is 13.7. The van der Waals surface area contributed by atoms with E-state index in [0.29, 0.717) is 18.5 Å².